The number of hydrogen-bond donors (Lipinski definition) is 2. The van der Waals surface area contributed by atoms with Crippen molar-refractivity contribution in [2.75, 3.05) is 0 Å². The van der Waals surface area contributed by atoms with Crippen molar-refractivity contribution in [2.24, 2.45) is 5.73 Å². The fraction of sp³-hybridized carbons (Fsp3) is 0. The number of carbonyl (C=O) groups excluding carboxylic acids is 1. The first-order valence-electron chi connectivity index (χ1n) is 4.20. The highest BCUT2D eigenvalue weighted by Gasteiger charge is 2.05. The Morgan fingerprint density at radius 1 is 1.21 bits per heavy atom. The summed E-state index contributed by atoms with van der Waals surface area (Å²) < 4.78 is 0. The molecule has 0 atom stereocenters. The number of hydrogen-bond acceptors (Lipinski definition) is 2. The maximum atomic E-state index is 11.1. The summed E-state index contributed by atoms with van der Waals surface area (Å²) in [5.74, 6) is -0.277. The zero-order valence-electron chi connectivity index (χ0n) is 7.40. The molecule has 14 heavy (non-hydrogen) atoms. The third kappa shape index (κ3) is 1.29. The molecule has 3 N–H and O–H groups in total. The minimum atomic E-state index is -0.457. The van der Waals surface area contributed by atoms with Crippen LogP contribution in [-0.2, 0) is 0 Å². The van der Waals surface area contributed by atoms with Crippen molar-refractivity contribution in [1.29, 1.82) is 0 Å². The predicted octanol–water partition coefficient (Wildman–Crippen LogP) is 1.64. The molecule has 3 nitrogen and oxygen atoms in total. The Labute approximate surface area is 80.8 Å². The Bertz CT molecular complexity index is 506. The van der Waals surface area contributed by atoms with Gasteiger partial charge in [-0.3, -0.25) is 4.79 Å². The van der Waals surface area contributed by atoms with E-state index < -0.39 is 5.91 Å². The van der Waals surface area contributed by atoms with Gasteiger partial charge in [-0.05, 0) is 35.0 Å². The second-order valence-corrected chi connectivity index (χ2v) is 3.08. The van der Waals surface area contributed by atoms with Gasteiger partial charge in [-0.25, -0.2) is 0 Å². The van der Waals surface area contributed by atoms with Crippen molar-refractivity contribution >= 4 is 16.7 Å². The molecule has 0 heterocycles. The van der Waals surface area contributed by atoms with Crippen molar-refractivity contribution in [2.45, 2.75) is 0 Å². The zero-order valence-corrected chi connectivity index (χ0v) is 7.40. The summed E-state index contributed by atoms with van der Waals surface area (Å²) in [5.41, 5.74) is 5.69. The highest BCUT2D eigenvalue weighted by atomic mass is 16.3. The van der Waals surface area contributed by atoms with Gasteiger partial charge in [0.1, 0.15) is 5.75 Å². The third-order valence-corrected chi connectivity index (χ3v) is 2.13. The fourth-order valence-corrected chi connectivity index (χ4v) is 1.49. The van der Waals surface area contributed by atoms with Gasteiger partial charge >= 0.3 is 0 Å². The number of phenolic OH excluding ortho intramolecular Hbond substituents is 1. The van der Waals surface area contributed by atoms with Crippen molar-refractivity contribution in [3.8, 4) is 5.75 Å². The molecule has 0 saturated carbocycles. The van der Waals surface area contributed by atoms with Crippen LogP contribution in [0.4, 0.5) is 0 Å². The van der Waals surface area contributed by atoms with Crippen LogP contribution in [0.5, 0.6) is 5.75 Å². The Morgan fingerprint density at radius 2 is 2.00 bits per heavy atom. The van der Waals surface area contributed by atoms with E-state index in [9.17, 15) is 9.90 Å². The quantitative estimate of drug-likeness (QED) is 0.712. The predicted molar refractivity (Wildman–Crippen MR) is 54.1 cm³/mol. The van der Waals surface area contributed by atoms with Crippen LogP contribution < -0.4 is 5.73 Å². The molecular formula is C11H9NO2. The molecule has 0 radical (unpaired) electrons. The lowest BCUT2D eigenvalue weighted by molar-refractivity contribution is 0.100. The fourth-order valence-electron chi connectivity index (χ4n) is 1.49. The van der Waals surface area contributed by atoms with Gasteiger partial charge in [-0.1, -0.05) is 12.1 Å². The molecule has 70 valence electrons. The molecule has 0 aliphatic rings. The van der Waals surface area contributed by atoms with Gasteiger partial charge in [0.15, 0.2) is 0 Å². The van der Waals surface area contributed by atoms with E-state index in [2.05, 4.69) is 0 Å². The monoisotopic (exact) mass is 187 g/mol. The van der Waals surface area contributed by atoms with Gasteiger partial charge in [0.2, 0.25) is 5.91 Å². The Hall–Kier alpha value is -2.03. The Kier molecular flexibility index (Phi) is 1.85. The number of nitrogens with two attached hydrogens (primary N) is 1. The van der Waals surface area contributed by atoms with Crippen LogP contribution in [0.1, 0.15) is 10.4 Å². The first kappa shape index (κ1) is 8.56. The summed E-state index contributed by atoms with van der Waals surface area (Å²) in [5, 5.41) is 10.8. The number of amides is 1. The summed E-state index contributed by atoms with van der Waals surface area (Å²) in [6, 6.07) is 10.0. The number of aromatic hydroxyl groups is 1. The summed E-state index contributed by atoms with van der Waals surface area (Å²) in [4.78, 5) is 11.1. The van der Waals surface area contributed by atoms with Gasteiger partial charge < -0.3 is 10.8 Å². The van der Waals surface area contributed by atoms with Crippen molar-refractivity contribution in [3.63, 3.8) is 0 Å². The molecule has 0 aliphatic heterocycles. The molecule has 0 spiro atoms. The lowest BCUT2D eigenvalue weighted by Gasteiger charge is -2.02. The van der Waals surface area contributed by atoms with Gasteiger partial charge in [0, 0.05) is 5.56 Å². The van der Waals surface area contributed by atoms with Crippen LogP contribution in [0.3, 0.4) is 0 Å². The molecule has 2 aromatic carbocycles. The number of benzene rings is 2. The minimum Gasteiger partial charge on any atom is -0.508 e. The SMILES string of the molecule is NC(=O)c1cccc2cc(O)ccc12. The van der Waals surface area contributed by atoms with Crippen LogP contribution >= 0.6 is 0 Å². The van der Waals surface area contributed by atoms with Gasteiger partial charge in [-0.15, -0.1) is 0 Å². The van der Waals surface area contributed by atoms with E-state index in [4.69, 9.17) is 5.73 Å². The van der Waals surface area contributed by atoms with Crippen molar-refractivity contribution < 1.29 is 9.90 Å². The number of fused-ring (bicyclic) bond motifs is 1. The van der Waals surface area contributed by atoms with Gasteiger partial charge in [0.25, 0.3) is 0 Å². The van der Waals surface area contributed by atoms with E-state index in [-0.39, 0.29) is 5.75 Å². The summed E-state index contributed by atoms with van der Waals surface area (Å²) in [7, 11) is 0. The third-order valence-electron chi connectivity index (χ3n) is 2.13. The van der Waals surface area contributed by atoms with Crippen LogP contribution in [0.2, 0.25) is 0 Å². The first-order chi connectivity index (χ1) is 6.68. The molecule has 3 heteroatoms. The number of rotatable bonds is 1. The highest BCUT2D eigenvalue weighted by Crippen LogP contribution is 2.22. The average Bonchev–Trinajstić information content (AvgIpc) is 2.16. The van der Waals surface area contributed by atoms with Crippen LogP contribution in [-0.4, -0.2) is 11.0 Å². The van der Waals surface area contributed by atoms with Crippen molar-refractivity contribution in [3.05, 3.63) is 42.0 Å². The molecule has 0 bridgehead atoms. The second kappa shape index (κ2) is 3.03. The van der Waals surface area contributed by atoms with Crippen LogP contribution in [0, 0.1) is 0 Å². The number of phenols is 1. The van der Waals surface area contributed by atoms with Gasteiger partial charge in [-0.2, -0.15) is 0 Å². The molecule has 0 aliphatic carbocycles. The molecule has 0 unspecified atom stereocenters. The zero-order chi connectivity index (χ0) is 10.1. The first-order valence-corrected chi connectivity index (χ1v) is 4.20. The highest BCUT2D eigenvalue weighted by molar-refractivity contribution is 6.06. The maximum absolute atomic E-state index is 11.1. The van der Waals surface area contributed by atoms with E-state index in [1.807, 2.05) is 6.07 Å². The summed E-state index contributed by atoms with van der Waals surface area (Å²) >= 11 is 0. The lowest BCUT2D eigenvalue weighted by Crippen LogP contribution is -2.11. The average molecular weight is 187 g/mol. The molecule has 0 aromatic heterocycles. The topological polar surface area (TPSA) is 63.3 Å². The number of carbonyl (C=O) groups is 1. The van der Waals surface area contributed by atoms with Crippen LogP contribution in [0.25, 0.3) is 10.8 Å². The largest absolute Gasteiger partial charge is 0.508 e. The molecule has 0 fully saturated rings. The Balaban J connectivity index is 2.81. The molecule has 1 amide bonds. The van der Waals surface area contributed by atoms with E-state index >= 15 is 0 Å². The van der Waals surface area contributed by atoms with E-state index in [0.717, 1.165) is 10.8 Å². The molecular weight excluding hydrogens is 178 g/mol. The van der Waals surface area contributed by atoms with Crippen molar-refractivity contribution in [1.82, 2.24) is 0 Å². The maximum Gasteiger partial charge on any atom is 0.249 e. The van der Waals surface area contributed by atoms with Crippen LogP contribution in [0.15, 0.2) is 36.4 Å². The lowest BCUT2D eigenvalue weighted by atomic mass is 10.0. The normalized spacial score (nSPS) is 10.3. The summed E-state index contributed by atoms with van der Waals surface area (Å²) in [6.45, 7) is 0. The standard InChI is InChI=1S/C11H9NO2/c12-11(14)10-3-1-2-7-6-8(13)4-5-9(7)10/h1-6,13H,(H2,12,14). The molecule has 2 aromatic rings. The Morgan fingerprint density at radius 3 is 2.71 bits per heavy atom. The van der Waals surface area contributed by atoms with Gasteiger partial charge in [0.05, 0.1) is 0 Å². The minimum absolute atomic E-state index is 0.180. The summed E-state index contributed by atoms with van der Waals surface area (Å²) in [6.07, 6.45) is 0. The molecule has 2 rings (SSSR count). The van der Waals surface area contributed by atoms with E-state index in [1.165, 1.54) is 6.07 Å². The van der Waals surface area contributed by atoms with E-state index in [1.54, 1.807) is 24.3 Å². The second-order valence-electron chi connectivity index (χ2n) is 3.08. The molecule has 0 saturated heterocycles. The number of primary amides is 1. The smallest absolute Gasteiger partial charge is 0.249 e. The van der Waals surface area contributed by atoms with E-state index in [0.29, 0.717) is 5.56 Å².